The number of hydrogen-bond donors (Lipinski definition) is 3. The summed E-state index contributed by atoms with van der Waals surface area (Å²) in [6.07, 6.45) is 3.22. The zero-order valence-corrected chi connectivity index (χ0v) is 25.0. The van der Waals surface area contributed by atoms with Gasteiger partial charge in [-0.25, -0.2) is 4.39 Å². The Morgan fingerprint density at radius 3 is 2.51 bits per heavy atom. The second-order valence-electron chi connectivity index (χ2n) is 11.0. The van der Waals surface area contributed by atoms with E-state index in [1.54, 1.807) is 29.4 Å². The van der Waals surface area contributed by atoms with Crippen LogP contribution >= 0.6 is 0 Å². The van der Waals surface area contributed by atoms with Crippen molar-refractivity contribution in [3.63, 3.8) is 0 Å². The number of carbonyl (C=O) groups excluding carboxylic acids is 2. The Balaban J connectivity index is 1.20. The molecule has 2 aromatic carbocycles. The number of methoxy groups -OCH3 is 1. The number of nitrogens with one attached hydrogen (secondary N) is 2. The Morgan fingerprint density at radius 1 is 1.07 bits per heavy atom. The number of fused-ring (bicyclic) bond motifs is 1. The zero-order valence-electron chi connectivity index (χ0n) is 25.0. The number of H-pyrrole nitrogens is 1. The first kappa shape index (κ1) is 29.7. The number of ether oxygens (including phenoxy) is 2. The van der Waals surface area contributed by atoms with Crippen LogP contribution in [0.2, 0.25) is 0 Å². The normalized spacial score (nSPS) is 16.5. The Bertz CT molecular complexity index is 1870. The third-order valence-corrected chi connectivity index (χ3v) is 7.70. The highest BCUT2D eigenvalue weighted by Crippen LogP contribution is 2.35. The van der Waals surface area contributed by atoms with E-state index in [1.807, 2.05) is 38.1 Å². The number of pyridine rings is 2. The van der Waals surface area contributed by atoms with Crippen molar-refractivity contribution in [2.45, 2.75) is 32.6 Å². The molecule has 45 heavy (non-hydrogen) atoms. The number of hydrogen-bond acceptors (Lipinski definition) is 8. The van der Waals surface area contributed by atoms with E-state index >= 15 is 0 Å². The number of aromatic amines is 1. The predicted octanol–water partition coefficient (Wildman–Crippen LogP) is 4.60. The Morgan fingerprint density at radius 2 is 1.82 bits per heavy atom. The summed E-state index contributed by atoms with van der Waals surface area (Å²) >= 11 is 0. The standard InChI is InChI=1S/C33H32FN7O4/c1-18-16-41(17-19(2)45-18)33(43)22-8-10-26(36-14-22)25-15-37-29(28-30(25)39-40-31(28)35)21-6-4-20(5-7-21)13-38-32(42)24-12-23(34)9-11-27(24)44-3/h4-12,14-15,18-19H,13,16-17H2,1-3H3,(H,38,42)(H3,35,39,40)/t18-,19-/m0/s1. The molecule has 0 radical (unpaired) electrons. The molecule has 0 bridgehead atoms. The van der Waals surface area contributed by atoms with E-state index in [2.05, 4.69) is 20.5 Å². The minimum Gasteiger partial charge on any atom is -0.496 e. The molecule has 11 nitrogen and oxygen atoms in total. The molecule has 0 aliphatic carbocycles. The number of anilines is 1. The Labute approximate surface area is 258 Å². The molecule has 230 valence electrons. The van der Waals surface area contributed by atoms with Gasteiger partial charge in [0.1, 0.15) is 11.6 Å². The number of nitrogen functional groups attached to an aromatic ring is 1. The summed E-state index contributed by atoms with van der Waals surface area (Å²) in [5.41, 5.74) is 11.1. The fourth-order valence-corrected chi connectivity index (χ4v) is 5.58. The van der Waals surface area contributed by atoms with Crippen molar-refractivity contribution in [3.8, 4) is 28.3 Å². The van der Waals surface area contributed by atoms with Gasteiger partial charge in [0.25, 0.3) is 11.8 Å². The molecule has 6 rings (SSSR count). The quantitative estimate of drug-likeness (QED) is 0.243. The lowest BCUT2D eigenvalue weighted by Gasteiger charge is -2.35. The van der Waals surface area contributed by atoms with E-state index < -0.39 is 11.7 Å². The SMILES string of the molecule is COc1ccc(F)cc1C(=O)NCc1ccc(-c2ncc(-c3ccc(C(=O)N4C[C@H](C)O[C@@H](C)C4)cn3)c3[nH]nc(N)c23)cc1. The molecule has 3 aromatic heterocycles. The highest BCUT2D eigenvalue weighted by molar-refractivity contribution is 6.06. The average molecular weight is 610 g/mol. The molecule has 4 N–H and O–H groups in total. The van der Waals surface area contributed by atoms with Gasteiger partial charge >= 0.3 is 0 Å². The van der Waals surface area contributed by atoms with E-state index in [4.69, 9.17) is 20.2 Å². The number of morpholine rings is 1. The van der Waals surface area contributed by atoms with Gasteiger partial charge < -0.3 is 25.4 Å². The number of carbonyl (C=O) groups is 2. The molecule has 1 aliphatic rings. The molecule has 0 unspecified atom stereocenters. The maximum absolute atomic E-state index is 13.7. The first-order chi connectivity index (χ1) is 21.7. The summed E-state index contributed by atoms with van der Waals surface area (Å²) in [6, 6.07) is 14.8. The Kier molecular flexibility index (Phi) is 8.14. The molecule has 0 spiro atoms. The summed E-state index contributed by atoms with van der Waals surface area (Å²) < 4.78 is 24.6. The topological polar surface area (TPSA) is 148 Å². The molecule has 4 heterocycles. The van der Waals surface area contributed by atoms with Crippen molar-refractivity contribution in [3.05, 3.63) is 89.5 Å². The van der Waals surface area contributed by atoms with Crippen molar-refractivity contribution in [1.29, 1.82) is 0 Å². The average Bonchev–Trinajstić information content (AvgIpc) is 3.44. The van der Waals surface area contributed by atoms with Crippen LogP contribution in [-0.2, 0) is 11.3 Å². The summed E-state index contributed by atoms with van der Waals surface area (Å²) in [4.78, 5) is 36.9. The fraction of sp³-hybridized carbons (Fsp3) is 0.242. The monoisotopic (exact) mass is 609 g/mol. The third-order valence-electron chi connectivity index (χ3n) is 7.70. The molecule has 2 amide bonds. The second kappa shape index (κ2) is 12.3. The van der Waals surface area contributed by atoms with Gasteiger partial charge in [-0.15, -0.1) is 0 Å². The highest BCUT2D eigenvalue weighted by atomic mass is 19.1. The van der Waals surface area contributed by atoms with Crippen LogP contribution in [0, 0.1) is 5.82 Å². The van der Waals surface area contributed by atoms with Gasteiger partial charge in [0.15, 0.2) is 5.82 Å². The molecule has 1 aliphatic heterocycles. The lowest BCUT2D eigenvalue weighted by atomic mass is 10.0. The van der Waals surface area contributed by atoms with Crippen molar-refractivity contribution < 1.29 is 23.5 Å². The van der Waals surface area contributed by atoms with E-state index in [1.165, 1.54) is 19.2 Å². The van der Waals surface area contributed by atoms with Crippen LogP contribution in [0.4, 0.5) is 10.2 Å². The molecule has 2 atom stereocenters. The van der Waals surface area contributed by atoms with Crippen LogP contribution in [0.15, 0.2) is 67.0 Å². The number of aromatic nitrogens is 4. The molecule has 12 heteroatoms. The molecule has 1 fully saturated rings. The van der Waals surface area contributed by atoms with E-state index in [9.17, 15) is 14.0 Å². The predicted molar refractivity (Wildman–Crippen MR) is 167 cm³/mol. The fourth-order valence-electron chi connectivity index (χ4n) is 5.58. The smallest absolute Gasteiger partial charge is 0.255 e. The minimum absolute atomic E-state index is 0.0258. The third kappa shape index (κ3) is 6.04. The number of halogens is 1. The van der Waals surface area contributed by atoms with Gasteiger partial charge in [-0.3, -0.25) is 24.7 Å². The molecular formula is C33H32FN7O4. The van der Waals surface area contributed by atoms with Crippen molar-refractivity contribution in [2.24, 2.45) is 0 Å². The van der Waals surface area contributed by atoms with E-state index in [0.717, 1.165) is 17.2 Å². The van der Waals surface area contributed by atoms with Gasteiger partial charge in [-0.1, -0.05) is 24.3 Å². The molecule has 0 saturated carbocycles. The lowest BCUT2D eigenvalue weighted by molar-refractivity contribution is -0.0586. The van der Waals surface area contributed by atoms with E-state index in [0.29, 0.717) is 46.5 Å². The number of nitrogens with two attached hydrogens (primary N) is 1. The minimum atomic E-state index is -0.523. The maximum atomic E-state index is 13.7. The number of benzene rings is 2. The zero-order chi connectivity index (χ0) is 31.7. The Hall–Kier alpha value is -5.36. The van der Waals surface area contributed by atoms with Gasteiger partial charge in [0, 0.05) is 43.2 Å². The van der Waals surface area contributed by atoms with Crippen LogP contribution in [0.25, 0.3) is 33.4 Å². The second-order valence-corrected chi connectivity index (χ2v) is 11.0. The van der Waals surface area contributed by atoms with Crippen LogP contribution < -0.4 is 15.8 Å². The van der Waals surface area contributed by atoms with Gasteiger partial charge in [0.2, 0.25) is 0 Å². The van der Waals surface area contributed by atoms with E-state index in [-0.39, 0.29) is 41.8 Å². The summed E-state index contributed by atoms with van der Waals surface area (Å²) in [6.45, 7) is 5.20. The number of amides is 2. The first-order valence-corrected chi connectivity index (χ1v) is 14.5. The number of rotatable bonds is 7. The molecule has 1 saturated heterocycles. The maximum Gasteiger partial charge on any atom is 0.255 e. The van der Waals surface area contributed by atoms with Crippen molar-refractivity contribution in [1.82, 2.24) is 30.4 Å². The molecular weight excluding hydrogens is 577 g/mol. The first-order valence-electron chi connectivity index (χ1n) is 14.5. The summed E-state index contributed by atoms with van der Waals surface area (Å²) in [5.74, 6) is -0.478. The van der Waals surface area contributed by atoms with Crippen LogP contribution in [0.3, 0.4) is 0 Å². The van der Waals surface area contributed by atoms with Gasteiger partial charge in [-0.05, 0) is 49.7 Å². The van der Waals surface area contributed by atoms with Crippen molar-refractivity contribution in [2.75, 3.05) is 25.9 Å². The number of nitrogens with zero attached hydrogens (tertiary/aromatic N) is 4. The van der Waals surface area contributed by atoms with Crippen LogP contribution in [-0.4, -0.2) is 69.3 Å². The largest absolute Gasteiger partial charge is 0.496 e. The van der Waals surface area contributed by atoms with Crippen LogP contribution in [0.5, 0.6) is 5.75 Å². The van der Waals surface area contributed by atoms with Crippen molar-refractivity contribution >= 4 is 28.5 Å². The highest BCUT2D eigenvalue weighted by Gasteiger charge is 2.27. The summed E-state index contributed by atoms with van der Waals surface area (Å²) in [7, 11) is 1.43. The lowest BCUT2D eigenvalue weighted by Crippen LogP contribution is -2.48. The summed E-state index contributed by atoms with van der Waals surface area (Å²) in [5, 5.41) is 10.7. The van der Waals surface area contributed by atoms with Gasteiger partial charge in [0.05, 0.1) is 52.7 Å². The molecule has 5 aromatic rings. The van der Waals surface area contributed by atoms with Crippen LogP contribution in [0.1, 0.15) is 40.1 Å². The van der Waals surface area contributed by atoms with Gasteiger partial charge in [-0.2, -0.15) is 5.10 Å².